The number of carbonyl (C=O) groups is 1. The Morgan fingerprint density at radius 1 is 1.24 bits per heavy atom. The smallest absolute Gasteiger partial charge is 0.261 e. The average molecular weight is 395 g/mol. The minimum Gasteiger partial charge on any atom is -0.477 e. The maximum Gasteiger partial charge on any atom is 0.261 e. The van der Waals surface area contributed by atoms with Crippen LogP contribution in [0.3, 0.4) is 0 Å². The van der Waals surface area contributed by atoms with Gasteiger partial charge >= 0.3 is 0 Å². The van der Waals surface area contributed by atoms with Crippen LogP contribution in [-0.2, 0) is 11.3 Å². The van der Waals surface area contributed by atoms with Gasteiger partial charge in [-0.25, -0.2) is 9.97 Å². The Hall–Kier alpha value is -2.97. The number of aromatic nitrogens is 3. The van der Waals surface area contributed by atoms with Crippen molar-refractivity contribution in [2.75, 3.05) is 38.2 Å². The van der Waals surface area contributed by atoms with Crippen LogP contribution in [0.15, 0.2) is 30.3 Å². The number of imidazole rings is 1. The lowest BCUT2D eigenvalue weighted by Crippen LogP contribution is -2.35. The van der Waals surface area contributed by atoms with Crippen LogP contribution in [-0.4, -0.2) is 58.7 Å². The standard InChI is InChI=1S/C21H25N5O3/c1-3-29-21-16(6-4-14(2)22-21)20(27)23-15-5-7-17-18(12-15)25-19(24-17)13-26-8-10-28-11-9-26/h4-7,12H,3,8-11,13H2,1-2H3,(H,23,27)(H,24,25). The molecule has 0 unspecified atom stereocenters. The number of amides is 1. The molecule has 0 atom stereocenters. The normalized spacial score (nSPS) is 14.8. The molecule has 0 spiro atoms. The number of ether oxygens (including phenoxy) is 2. The van der Waals surface area contributed by atoms with Gasteiger partial charge in [0, 0.05) is 24.5 Å². The number of nitrogens with one attached hydrogen (secondary N) is 2. The largest absolute Gasteiger partial charge is 0.477 e. The summed E-state index contributed by atoms with van der Waals surface area (Å²) in [6.45, 7) is 8.27. The molecule has 3 heterocycles. The van der Waals surface area contributed by atoms with E-state index in [1.807, 2.05) is 32.0 Å². The number of hydrogen-bond acceptors (Lipinski definition) is 6. The zero-order valence-electron chi connectivity index (χ0n) is 16.7. The maximum atomic E-state index is 12.7. The summed E-state index contributed by atoms with van der Waals surface area (Å²) in [6, 6.07) is 9.18. The van der Waals surface area contributed by atoms with Crippen LogP contribution >= 0.6 is 0 Å². The molecule has 1 aliphatic heterocycles. The molecule has 0 bridgehead atoms. The molecule has 0 saturated carbocycles. The molecule has 1 amide bonds. The van der Waals surface area contributed by atoms with Gasteiger partial charge in [-0.3, -0.25) is 9.69 Å². The molecule has 8 nitrogen and oxygen atoms in total. The van der Waals surface area contributed by atoms with Gasteiger partial charge < -0.3 is 19.8 Å². The highest BCUT2D eigenvalue weighted by molar-refractivity contribution is 6.06. The van der Waals surface area contributed by atoms with E-state index < -0.39 is 0 Å². The van der Waals surface area contributed by atoms with Crippen LogP contribution in [0.1, 0.15) is 28.8 Å². The molecule has 3 aromatic rings. The fourth-order valence-electron chi connectivity index (χ4n) is 3.34. The molecule has 2 aromatic heterocycles. The van der Waals surface area contributed by atoms with Crippen LogP contribution in [0, 0.1) is 6.92 Å². The van der Waals surface area contributed by atoms with Crippen LogP contribution < -0.4 is 10.1 Å². The Bertz CT molecular complexity index is 1010. The molecule has 2 N–H and O–H groups in total. The molecular formula is C21H25N5O3. The number of aromatic amines is 1. The van der Waals surface area contributed by atoms with E-state index in [0.717, 1.165) is 55.4 Å². The Labute approximate surface area is 169 Å². The lowest BCUT2D eigenvalue weighted by atomic mass is 10.2. The summed E-state index contributed by atoms with van der Waals surface area (Å²) in [4.78, 5) is 27.4. The van der Waals surface area contributed by atoms with E-state index in [9.17, 15) is 4.79 Å². The topological polar surface area (TPSA) is 92.4 Å². The Balaban J connectivity index is 1.50. The first-order valence-electron chi connectivity index (χ1n) is 9.83. The van der Waals surface area contributed by atoms with Crippen LogP contribution in [0.5, 0.6) is 5.88 Å². The van der Waals surface area contributed by atoms with E-state index in [1.54, 1.807) is 12.1 Å². The first-order chi connectivity index (χ1) is 14.1. The van der Waals surface area contributed by atoms with Crippen molar-refractivity contribution in [3.63, 3.8) is 0 Å². The van der Waals surface area contributed by atoms with Crippen molar-refractivity contribution in [2.45, 2.75) is 20.4 Å². The monoisotopic (exact) mass is 395 g/mol. The van der Waals surface area contributed by atoms with Crippen molar-refractivity contribution < 1.29 is 14.3 Å². The van der Waals surface area contributed by atoms with Crippen LogP contribution in [0.2, 0.25) is 0 Å². The van der Waals surface area contributed by atoms with Crippen molar-refractivity contribution >= 4 is 22.6 Å². The van der Waals surface area contributed by atoms with E-state index in [-0.39, 0.29) is 5.91 Å². The van der Waals surface area contributed by atoms with Gasteiger partial charge in [0.15, 0.2) is 0 Å². The molecule has 1 aromatic carbocycles. The van der Waals surface area contributed by atoms with Crippen molar-refractivity contribution in [1.82, 2.24) is 19.9 Å². The van der Waals surface area contributed by atoms with Crippen molar-refractivity contribution in [2.24, 2.45) is 0 Å². The molecule has 0 radical (unpaired) electrons. The summed E-state index contributed by atoms with van der Waals surface area (Å²) in [5.74, 6) is 1.00. The molecule has 152 valence electrons. The van der Waals surface area contributed by atoms with Gasteiger partial charge in [-0.05, 0) is 44.2 Å². The minimum atomic E-state index is -0.256. The van der Waals surface area contributed by atoms with Gasteiger partial charge in [0.1, 0.15) is 11.4 Å². The highest BCUT2D eigenvalue weighted by atomic mass is 16.5. The van der Waals surface area contributed by atoms with E-state index in [0.29, 0.717) is 23.7 Å². The van der Waals surface area contributed by atoms with Gasteiger partial charge in [0.2, 0.25) is 5.88 Å². The summed E-state index contributed by atoms with van der Waals surface area (Å²) in [7, 11) is 0. The predicted molar refractivity (Wildman–Crippen MR) is 110 cm³/mol. The molecular weight excluding hydrogens is 370 g/mol. The highest BCUT2D eigenvalue weighted by Crippen LogP contribution is 2.21. The summed E-state index contributed by atoms with van der Waals surface area (Å²) < 4.78 is 10.9. The number of carbonyl (C=O) groups excluding carboxylic acids is 1. The third-order valence-corrected chi connectivity index (χ3v) is 4.79. The number of pyridine rings is 1. The number of aryl methyl sites for hydroxylation is 1. The fourth-order valence-corrected chi connectivity index (χ4v) is 3.34. The average Bonchev–Trinajstić information content (AvgIpc) is 3.10. The van der Waals surface area contributed by atoms with Crippen molar-refractivity contribution in [1.29, 1.82) is 0 Å². The van der Waals surface area contributed by atoms with Gasteiger partial charge in [0.25, 0.3) is 5.91 Å². The summed E-state index contributed by atoms with van der Waals surface area (Å²) >= 11 is 0. The minimum absolute atomic E-state index is 0.256. The number of anilines is 1. The van der Waals surface area contributed by atoms with Gasteiger partial charge in [-0.1, -0.05) is 0 Å². The van der Waals surface area contributed by atoms with Gasteiger partial charge in [-0.15, -0.1) is 0 Å². The second-order valence-corrected chi connectivity index (χ2v) is 7.00. The first-order valence-corrected chi connectivity index (χ1v) is 9.83. The molecule has 0 aliphatic carbocycles. The molecule has 1 saturated heterocycles. The lowest BCUT2D eigenvalue weighted by Gasteiger charge is -2.25. The van der Waals surface area contributed by atoms with Crippen LogP contribution in [0.25, 0.3) is 11.0 Å². The van der Waals surface area contributed by atoms with Gasteiger partial charge in [-0.2, -0.15) is 0 Å². The summed E-state index contributed by atoms with van der Waals surface area (Å²) in [5, 5.41) is 2.93. The zero-order chi connectivity index (χ0) is 20.2. The molecule has 1 aliphatic rings. The van der Waals surface area contributed by atoms with E-state index in [2.05, 4.69) is 25.2 Å². The zero-order valence-corrected chi connectivity index (χ0v) is 16.7. The fraction of sp³-hybridized carbons (Fsp3) is 0.381. The number of H-pyrrole nitrogens is 1. The third kappa shape index (κ3) is 4.55. The quantitative estimate of drug-likeness (QED) is 0.667. The highest BCUT2D eigenvalue weighted by Gasteiger charge is 2.16. The van der Waals surface area contributed by atoms with Gasteiger partial charge in [0.05, 0.1) is 37.4 Å². The summed E-state index contributed by atoms with van der Waals surface area (Å²) in [6.07, 6.45) is 0. The van der Waals surface area contributed by atoms with E-state index in [1.165, 1.54) is 0 Å². The van der Waals surface area contributed by atoms with E-state index in [4.69, 9.17) is 9.47 Å². The lowest BCUT2D eigenvalue weighted by molar-refractivity contribution is 0.0332. The maximum absolute atomic E-state index is 12.7. The van der Waals surface area contributed by atoms with Crippen molar-refractivity contribution in [3.8, 4) is 5.88 Å². The Morgan fingerprint density at radius 2 is 2.07 bits per heavy atom. The predicted octanol–water partition coefficient (Wildman–Crippen LogP) is 2.75. The third-order valence-electron chi connectivity index (χ3n) is 4.79. The Kier molecular flexibility index (Phi) is 5.73. The van der Waals surface area contributed by atoms with Crippen LogP contribution in [0.4, 0.5) is 5.69 Å². The van der Waals surface area contributed by atoms with Crippen molar-refractivity contribution in [3.05, 3.63) is 47.4 Å². The number of benzene rings is 1. The Morgan fingerprint density at radius 3 is 2.86 bits per heavy atom. The number of fused-ring (bicyclic) bond motifs is 1. The molecule has 29 heavy (non-hydrogen) atoms. The number of nitrogens with zero attached hydrogens (tertiary/aromatic N) is 3. The molecule has 1 fully saturated rings. The number of morpholine rings is 1. The molecule has 4 rings (SSSR count). The molecule has 8 heteroatoms. The number of rotatable bonds is 6. The SMILES string of the molecule is CCOc1nc(C)ccc1C(=O)Nc1ccc2nc(CN3CCOCC3)[nH]c2c1. The second-order valence-electron chi connectivity index (χ2n) is 7.00. The summed E-state index contributed by atoms with van der Waals surface area (Å²) in [5.41, 5.74) is 3.66. The second kappa shape index (κ2) is 8.59. The first kappa shape index (κ1) is 19.4. The van der Waals surface area contributed by atoms with E-state index >= 15 is 0 Å². The number of hydrogen-bond donors (Lipinski definition) is 2.